The van der Waals surface area contributed by atoms with E-state index >= 15 is 0 Å². The molecule has 0 bridgehead atoms. The number of nitrogens with zero attached hydrogens (tertiary/aromatic N) is 2. The lowest BCUT2D eigenvalue weighted by Crippen LogP contribution is -2.24. The van der Waals surface area contributed by atoms with Gasteiger partial charge in [-0.15, -0.1) is 0 Å². The lowest BCUT2D eigenvalue weighted by atomic mass is 10.0. The molecule has 1 aromatic carbocycles. The second-order valence-electron chi connectivity index (χ2n) is 4.64. The highest BCUT2D eigenvalue weighted by atomic mass is 19.4. The Hall–Kier alpha value is -1.95. The first-order valence-corrected chi connectivity index (χ1v) is 6.66. The van der Waals surface area contributed by atoms with Crippen LogP contribution < -0.4 is 5.32 Å². The molecular formula is C15H16F3N3. The summed E-state index contributed by atoms with van der Waals surface area (Å²) >= 11 is 0. The van der Waals surface area contributed by atoms with E-state index in [1.165, 1.54) is 18.5 Å². The maximum absolute atomic E-state index is 12.5. The SMILES string of the molecule is CCNC(Cc1ccc(C(F)(F)F)cc1)c1ccncn1. The fourth-order valence-corrected chi connectivity index (χ4v) is 2.10. The third kappa shape index (κ3) is 4.26. The van der Waals surface area contributed by atoms with E-state index < -0.39 is 11.7 Å². The summed E-state index contributed by atoms with van der Waals surface area (Å²) in [6.07, 6.45) is -0.610. The first-order chi connectivity index (χ1) is 10.0. The van der Waals surface area contributed by atoms with Gasteiger partial charge in [-0.3, -0.25) is 0 Å². The van der Waals surface area contributed by atoms with Crippen LogP contribution in [-0.2, 0) is 12.6 Å². The summed E-state index contributed by atoms with van der Waals surface area (Å²) in [5.74, 6) is 0. The van der Waals surface area contributed by atoms with Crippen LogP contribution in [0.1, 0.15) is 29.8 Å². The molecule has 1 unspecified atom stereocenters. The van der Waals surface area contributed by atoms with Crippen molar-refractivity contribution in [3.8, 4) is 0 Å². The van der Waals surface area contributed by atoms with Gasteiger partial charge >= 0.3 is 6.18 Å². The van der Waals surface area contributed by atoms with Crippen LogP contribution in [0.5, 0.6) is 0 Å². The molecule has 6 heteroatoms. The number of benzene rings is 1. The fourth-order valence-electron chi connectivity index (χ4n) is 2.10. The van der Waals surface area contributed by atoms with Crippen molar-refractivity contribution in [3.63, 3.8) is 0 Å². The van der Waals surface area contributed by atoms with Crippen molar-refractivity contribution < 1.29 is 13.2 Å². The molecule has 0 fully saturated rings. The van der Waals surface area contributed by atoms with Gasteiger partial charge in [-0.2, -0.15) is 13.2 Å². The molecule has 1 atom stereocenters. The average molecular weight is 295 g/mol. The Morgan fingerprint density at radius 2 is 1.86 bits per heavy atom. The van der Waals surface area contributed by atoms with Crippen LogP contribution in [0, 0.1) is 0 Å². The number of rotatable bonds is 5. The minimum absolute atomic E-state index is 0.0465. The molecule has 1 N–H and O–H groups in total. The maximum atomic E-state index is 12.5. The number of halogens is 3. The zero-order chi connectivity index (χ0) is 15.3. The van der Waals surface area contributed by atoms with E-state index in [1.54, 1.807) is 12.3 Å². The van der Waals surface area contributed by atoms with Crippen LogP contribution in [-0.4, -0.2) is 16.5 Å². The Bertz CT molecular complexity index is 553. The van der Waals surface area contributed by atoms with Crippen LogP contribution in [0.2, 0.25) is 0 Å². The summed E-state index contributed by atoms with van der Waals surface area (Å²) in [5.41, 5.74) is 1.02. The van der Waals surface area contributed by atoms with E-state index in [1.807, 2.05) is 6.92 Å². The van der Waals surface area contributed by atoms with Crippen molar-refractivity contribution in [2.75, 3.05) is 6.54 Å². The van der Waals surface area contributed by atoms with Gasteiger partial charge in [-0.05, 0) is 36.7 Å². The number of hydrogen-bond acceptors (Lipinski definition) is 3. The van der Waals surface area contributed by atoms with Gasteiger partial charge < -0.3 is 5.32 Å². The molecule has 3 nitrogen and oxygen atoms in total. The normalized spacial score (nSPS) is 13.1. The summed E-state index contributed by atoms with van der Waals surface area (Å²) in [6.45, 7) is 2.72. The fraction of sp³-hybridized carbons (Fsp3) is 0.333. The highest BCUT2D eigenvalue weighted by Crippen LogP contribution is 2.29. The van der Waals surface area contributed by atoms with Crippen LogP contribution >= 0.6 is 0 Å². The summed E-state index contributed by atoms with van der Waals surface area (Å²) in [5, 5.41) is 3.28. The molecule has 0 spiro atoms. The smallest absolute Gasteiger partial charge is 0.309 e. The van der Waals surface area contributed by atoms with E-state index in [9.17, 15) is 13.2 Å². The standard InChI is InChI=1S/C15H16F3N3/c1-2-20-14(13-7-8-19-10-21-13)9-11-3-5-12(6-4-11)15(16,17)18/h3-8,10,14,20H,2,9H2,1H3. The molecule has 0 aliphatic rings. The lowest BCUT2D eigenvalue weighted by Gasteiger charge is -2.17. The summed E-state index contributed by atoms with van der Waals surface area (Å²) < 4.78 is 37.6. The second-order valence-corrected chi connectivity index (χ2v) is 4.64. The van der Waals surface area contributed by atoms with Gasteiger partial charge in [0.25, 0.3) is 0 Å². The van der Waals surface area contributed by atoms with Crippen LogP contribution in [0.15, 0.2) is 42.9 Å². The molecule has 0 radical (unpaired) electrons. The largest absolute Gasteiger partial charge is 0.416 e. The van der Waals surface area contributed by atoms with Crippen molar-refractivity contribution in [1.29, 1.82) is 0 Å². The van der Waals surface area contributed by atoms with Crippen molar-refractivity contribution >= 4 is 0 Å². The summed E-state index contributed by atoms with van der Waals surface area (Å²) in [6, 6.07) is 6.99. The Morgan fingerprint density at radius 3 is 2.38 bits per heavy atom. The molecule has 0 saturated carbocycles. The Morgan fingerprint density at radius 1 is 1.14 bits per heavy atom. The number of nitrogens with one attached hydrogen (secondary N) is 1. The third-order valence-electron chi connectivity index (χ3n) is 3.13. The van der Waals surface area contributed by atoms with E-state index in [0.717, 1.165) is 29.9 Å². The first kappa shape index (κ1) is 15.4. The Balaban J connectivity index is 2.14. The van der Waals surface area contributed by atoms with Crippen LogP contribution in [0.4, 0.5) is 13.2 Å². The van der Waals surface area contributed by atoms with E-state index in [2.05, 4.69) is 15.3 Å². The molecule has 0 saturated heterocycles. The Labute approximate surface area is 121 Å². The predicted molar refractivity (Wildman–Crippen MR) is 73.6 cm³/mol. The van der Waals surface area contributed by atoms with Gasteiger partial charge in [0.1, 0.15) is 6.33 Å². The van der Waals surface area contributed by atoms with Crippen molar-refractivity contribution in [2.24, 2.45) is 0 Å². The number of likely N-dealkylation sites (N-methyl/N-ethyl adjacent to an activating group) is 1. The van der Waals surface area contributed by atoms with Crippen LogP contribution in [0.3, 0.4) is 0 Å². The molecule has 0 aliphatic heterocycles. The van der Waals surface area contributed by atoms with Crippen LogP contribution in [0.25, 0.3) is 0 Å². The number of alkyl halides is 3. The van der Waals surface area contributed by atoms with Gasteiger partial charge in [0.15, 0.2) is 0 Å². The zero-order valence-electron chi connectivity index (χ0n) is 11.6. The molecule has 1 aromatic heterocycles. The topological polar surface area (TPSA) is 37.8 Å². The minimum atomic E-state index is -4.30. The van der Waals surface area contributed by atoms with E-state index in [4.69, 9.17) is 0 Å². The first-order valence-electron chi connectivity index (χ1n) is 6.66. The summed E-state index contributed by atoms with van der Waals surface area (Å²) in [4.78, 5) is 8.07. The second kappa shape index (κ2) is 6.67. The quantitative estimate of drug-likeness (QED) is 0.919. The highest BCUT2D eigenvalue weighted by Gasteiger charge is 2.30. The number of aromatic nitrogens is 2. The third-order valence-corrected chi connectivity index (χ3v) is 3.13. The van der Waals surface area contributed by atoms with Gasteiger partial charge in [-0.1, -0.05) is 19.1 Å². The predicted octanol–water partition coefficient (Wildman–Crippen LogP) is 3.39. The average Bonchev–Trinajstić information content (AvgIpc) is 2.47. The zero-order valence-corrected chi connectivity index (χ0v) is 11.6. The van der Waals surface area contributed by atoms with Crippen molar-refractivity contribution in [1.82, 2.24) is 15.3 Å². The van der Waals surface area contributed by atoms with Gasteiger partial charge in [-0.25, -0.2) is 9.97 Å². The minimum Gasteiger partial charge on any atom is -0.309 e. The van der Waals surface area contributed by atoms with Gasteiger partial charge in [0.05, 0.1) is 17.3 Å². The lowest BCUT2D eigenvalue weighted by molar-refractivity contribution is -0.137. The molecule has 21 heavy (non-hydrogen) atoms. The molecule has 0 aliphatic carbocycles. The van der Waals surface area contributed by atoms with E-state index in [0.29, 0.717) is 6.42 Å². The maximum Gasteiger partial charge on any atom is 0.416 e. The van der Waals surface area contributed by atoms with Gasteiger partial charge in [0, 0.05) is 6.20 Å². The molecule has 2 rings (SSSR count). The summed E-state index contributed by atoms with van der Waals surface area (Å²) in [7, 11) is 0. The molecular weight excluding hydrogens is 279 g/mol. The monoisotopic (exact) mass is 295 g/mol. The highest BCUT2D eigenvalue weighted by molar-refractivity contribution is 5.26. The van der Waals surface area contributed by atoms with E-state index in [-0.39, 0.29) is 6.04 Å². The molecule has 0 amide bonds. The molecule has 112 valence electrons. The molecule has 2 aromatic rings. The van der Waals surface area contributed by atoms with Crippen molar-refractivity contribution in [2.45, 2.75) is 25.6 Å². The Kier molecular flexibility index (Phi) is 4.90. The van der Waals surface area contributed by atoms with Crippen molar-refractivity contribution in [3.05, 3.63) is 59.7 Å². The number of hydrogen-bond donors (Lipinski definition) is 1. The molecule has 1 heterocycles. The van der Waals surface area contributed by atoms with Gasteiger partial charge in [0.2, 0.25) is 0 Å².